The van der Waals surface area contributed by atoms with Gasteiger partial charge in [0.05, 0.1) is 12.2 Å². The van der Waals surface area contributed by atoms with Gasteiger partial charge in [0.25, 0.3) is 0 Å². The second-order valence-corrected chi connectivity index (χ2v) is 5.38. The van der Waals surface area contributed by atoms with Gasteiger partial charge in [0.1, 0.15) is 11.5 Å². The number of aromatic nitrogens is 1. The minimum absolute atomic E-state index is 0.0307. The number of rotatable bonds is 7. The molecule has 1 unspecified atom stereocenters. The monoisotopic (exact) mass is 369 g/mol. The number of halogens is 3. The van der Waals surface area contributed by atoms with E-state index in [1.165, 1.54) is 0 Å². The third kappa shape index (κ3) is 5.65. The Morgan fingerprint density at radius 3 is 2.31 bits per heavy atom. The van der Waals surface area contributed by atoms with Crippen molar-refractivity contribution in [3.63, 3.8) is 0 Å². The number of hydrogen-bond acceptors (Lipinski definition) is 5. The summed E-state index contributed by atoms with van der Waals surface area (Å²) in [6.07, 6.45) is -3.77. The van der Waals surface area contributed by atoms with Crippen LogP contribution in [-0.4, -0.2) is 23.7 Å². The van der Waals surface area contributed by atoms with Gasteiger partial charge in [0.15, 0.2) is 6.10 Å². The fourth-order valence-electron chi connectivity index (χ4n) is 1.89. The number of pyridine rings is 1. The average Bonchev–Trinajstić information content (AvgIpc) is 2.61. The Bertz CT molecular complexity index is 715. The van der Waals surface area contributed by atoms with Crippen LogP contribution in [0.15, 0.2) is 42.6 Å². The van der Waals surface area contributed by atoms with E-state index in [0.29, 0.717) is 24.3 Å². The van der Waals surface area contributed by atoms with E-state index in [9.17, 15) is 18.0 Å². The fraction of sp³-hybridized carbons (Fsp3) is 0.333. The number of nitrogens with zero attached hydrogens (tertiary/aromatic N) is 1. The van der Waals surface area contributed by atoms with E-state index >= 15 is 0 Å². The van der Waals surface area contributed by atoms with Crippen molar-refractivity contribution in [1.82, 2.24) is 4.98 Å². The smallest absolute Gasteiger partial charge is 0.417 e. The molecule has 0 saturated carbocycles. The summed E-state index contributed by atoms with van der Waals surface area (Å²) >= 11 is 0. The SMILES string of the molecule is CCCOC(=O)C(C)Oc1ccc(Oc2ccc(C(F)(F)F)cn2)cc1. The molecule has 0 aliphatic carbocycles. The molecule has 0 radical (unpaired) electrons. The molecular weight excluding hydrogens is 351 g/mol. The lowest BCUT2D eigenvalue weighted by Gasteiger charge is -2.14. The normalized spacial score (nSPS) is 12.3. The van der Waals surface area contributed by atoms with Gasteiger partial charge in [0, 0.05) is 12.3 Å². The molecule has 0 spiro atoms. The maximum Gasteiger partial charge on any atom is 0.417 e. The van der Waals surface area contributed by atoms with Gasteiger partial charge >= 0.3 is 12.1 Å². The Hall–Kier alpha value is -2.77. The molecule has 2 rings (SSSR count). The number of hydrogen-bond donors (Lipinski definition) is 0. The Kier molecular flexibility index (Phi) is 6.43. The predicted molar refractivity (Wildman–Crippen MR) is 87.1 cm³/mol. The Morgan fingerprint density at radius 2 is 1.77 bits per heavy atom. The number of alkyl halides is 3. The lowest BCUT2D eigenvalue weighted by Crippen LogP contribution is -2.26. The topological polar surface area (TPSA) is 57.7 Å². The van der Waals surface area contributed by atoms with Crippen molar-refractivity contribution >= 4 is 5.97 Å². The standard InChI is InChI=1S/C18H18F3NO4/c1-3-10-24-17(23)12(2)25-14-5-7-15(8-6-14)26-16-9-4-13(11-22-16)18(19,20)21/h4-9,11-12H,3,10H2,1-2H3. The van der Waals surface area contributed by atoms with Crippen molar-refractivity contribution in [3.8, 4) is 17.4 Å². The molecular formula is C18H18F3NO4. The van der Waals surface area contributed by atoms with Gasteiger partial charge in [-0.15, -0.1) is 0 Å². The van der Waals surface area contributed by atoms with Crippen molar-refractivity contribution in [3.05, 3.63) is 48.2 Å². The van der Waals surface area contributed by atoms with Crippen LogP contribution < -0.4 is 9.47 Å². The number of benzene rings is 1. The molecule has 140 valence electrons. The van der Waals surface area contributed by atoms with E-state index in [1.807, 2.05) is 6.92 Å². The number of carbonyl (C=O) groups is 1. The molecule has 26 heavy (non-hydrogen) atoms. The zero-order valence-electron chi connectivity index (χ0n) is 14.2. The first-order valence-electron chi connectivity index (χ1n) is 7.94. The quantitative estimate of drug-likeness (QED) is 0.667. The minimum atomic E-state index is -4.44. The lowest BCUT2D eigenvalue weighted by molar-refractivity contribution is -0.151. The molecule has 0 aliphatic rings. The fourth-order valence-corrected chi connectivity index (χ4v) is 1.89. The van der Waals surface area contributed by atoms with E-state index < -0.39 is 23.8 Å². The van der Waals surface area contributed by atoms with Gasteiger partial charge in [-0.3, -0.25) is 0 Å². The molecule has 5 nitrogen and oxygen atoms in total. The Morgan fingerprint density at radius 1 is 1.12 bits per heavy atom. The van der Waals surface area contributed by atoms with Gasteiger partial charge in [-0.25, -0.2) is 9.78 Å². The zero-order chi connectivity index (χ0) is 19.2. The van der Waals surface area contributed by atoms with Crippen LogP contribution in [0.4, 0.5) is 13.2 Å². The zero-order valence-corrected chi connectivity index (χ0v) is 14.2. The average molecular weight is 369 g/mol. The summed E-state index contributed by atoms with van der Waals surface area (Å²) in [4.78, 5) is 15.3. The third-order valence-corrected chi connectivity index (χ3v) is 3.20. The van der Waals surface area contributed by atoms with E-state index in [1.54, 1.807) is 31.2 Å². The van der Waals surface area contributed by atoms with E-state index in [4.69, 9.17) is 14.2 Å². The van der Waals surface area contributed by atoms with E-state index in [2.05, 4.69) is 4.98 Å². The highest BCUT2D eigenvalue weighted by molar-refractivity contribution is 5.74. The summed E-state index contributed by atoms with van der Waals surface area (Å²) in [5.74, 6) is 0.369. The van der Waals surface area contributed by atoms with Gasteiger partial charge in [0.2, 0.25) is 5.88 Å². The van der Waals surface area contributed by atoms with Crippen molar-refractivity contribution < 1.29 is 32.2 Å². The Balaban J connectivity index is 1.94. The largest absolute Gasteiger partial charge is 0.479 e. The maximum absolute atomic E-state index is 12.5. The van der Waals surface area contributed by atoms with Crippen molar-refractivity contribution in [1.29, 1.82) is 0 Å². The summed E-state index contributed by atoms with van der Waals surface area (Å²) in [5.41, 5.74) is -0.849. The van der Waals surface area contributed by atoms with E-state index in [-0.39, 0.29) is 5.88 Å². The van der Waals surface area contributed by atoms with Crippen LogP contribution in [0.1, 0.15) is 25.8 Å². The first-order valence-corrected chi connectivity index (χ1v) is 7.94. The van der Waals surface area contributed by atoms with Crippen LogP contribution in [0.3, 0.4) is 0 Å². The summed E-state index contributed by atoms with van der Waals surface area (Å²) < 4.78 is 53.3. The molecule has 2 aromatic rings. The lowest BCUT2D eigenvalue weighted by atomic mass is 10.3. The minimum Gasteiger partial charge on any atom is -0.479 e. The van der Waals surface area contributed by atoms with Crippen molar-refractivity contribution in [2.45, 2.75) is 32.5 Å². The molecule has 1 aromatic heterocycles. The second kappa shape index (κ2) is 8.55. The summed E-state index contributed by atoms with van der Waals surface area (Å²) in [5, 5.41) is 0. The molecule has 0 N–H and O–H groups in total. The summed E-state index contributed by atoms with van der Waals surface area (Å²) in [6.45, 7) is 3.80. The molecule has 0 saturated heterocycles. The van der Waals surface area contributed by atoms with Crippen molar-refractivity contribution in [2.75, 3.05) is 6.61 Å². The van der Waals surface area contributed by atoms with E-state index in [0.717, 1.165) is 18.6 Å². The van der Waals surface area contributed by atoms with Crippen molar-refractivity contribution in [2.24, 2.45) is 0 Å². The first kappa shape index (κ1) is 19.6. The summed E-state index contributed by atoms with van der Waals surface area (Å²) in [7, 11) is 0. The molecule has 0 bridgehead atoms. The van der Waals surface area contributed by atoms with Gasteiger partial charge in [-0.1, -0.05) is 6.92 Å². The van der Waals surface area contributed by atoms with Crippen LogP contribution in [0.2, 0.25) is 0 Å². The van der Waals surface area contributed by atoms with Crippen LogP contribution in [0.5, 0.6) is 17.4 Å². The van der Waals surface area contributed by atoms with Crippen LogP contribution in [-0.2, 0) is 15.7 Å². The highest BCUT2D eigenvalue weighted by atomic mass is 19.4. The second-order valence-electron chi connectivity index (χ2n) is 5.38. The van der Waals surface area contributed by atoms with Crippen LogP contribution in [0.25, 0.3) is 0 Å². The number of esters is 1. The molecule has 1 atom stereocenters. The maximum atomic E-state index is 12.5. The first-order chi connectivity index (χ1) is 12.3. The molecule has 1 heterocycles. The van der Waals surface area contributed by atoms with Crippen LogP contribution in [0, 0.1) is 0 Å². The number of carbonyl (C=O) groups excluding carboxylic acids is 1. The highest BCUT2D eigenvalue weighted by Crippen LogP contribution is 2.30. The van der Waals surface area contributed by atoms with Crippen LogP contribution >= 0.6 is 0 Å². The molecule has 1 aromatic carbocycles. The predicted octanol–water partition coefficient (Wildman–Crippen LogP) is 4.61. The molecule has 8 heteroatoms. The molecule has 0 fully saturated rings. The van der Waals surface area contributed by atoms with Gasteiger partial charge < -0.3 is 14.2 Å². The highest BCUT2D eigenvalue weighted by Gasteiger charge is 2.30. The molecule has 0 amide bonds. The summed E-state index contributed by atoms with van der Waals surface area (Å²) in [6, 6.07) is 8.28. The Labute approximate surface area is 148 Å². The van der Waals surface area contributed by atoms with Gasteiger partial charge in [-0.2, -0.15) is 13.2 Å². The molecule has 0 aliphatic heterocycles. The number of ether oxygens (including phenoxy) is 3. The third-order valence-electron chi connectivity index (χ3n) is 3.20. The van der Waals surface area contributed by atoms with Gasteiger partial charge in [-0.05, 0) is 43.7 Å².